The van der Waals surface area contributed by atoms with Gasteiger partial charge < -0.3 is 9.80 Å². The van der Waals surface area contributed by atoms with E-state index in [0.717, 1.165) is 49.0 Å². The van der Waals surface area contributed by atoms with Gasteiger partial charge in [0.15, 0.2) is 0 Å². The predicted molar refractivity (Wildman–Crippen MR) is 97.2 cm³/mol. The molecule has 126 valence electrons. The van der Waals surface area contributed by atoms with Gasteiger partial charge in [0.25, 0.3) is 0 Å². The Labute approximate surface area is 144 Å². The second kappa shape index (κ2) is 8.37. The Hall–Kier alpha value is -1.52. The van der Waals surface area contributed by atoms with Crippen LogP contribution in [0, 0.1) is 0 Å². The molecule has 1 aliphatic rings. The number of nitrogens with zero attached hydrogens (tertiary/aromatic N) is 3. The Balaban J connectivity index is 1.84. The van der Waals surface area contributed by atoms with Gasteiger partial charge >= 0.3 is 0 Å². The first kappa shape index (κ1) is 17.8. The van der Waals surface area contributed by atoms with Crippen LogP contribution in [0.25, 0.3) is 0 Å². The van der Waals surface area contributed by atoms with Gasteiger partial charge in [0.05, 0.1) is 6.54 Å². The van der Waals surface area contributed by atoms with Crippen molar-refractivity contribution in [1.82, 2.24) is 9.80 Å². The highest BCUT2D eigenvalue weighted by atomic mass is 35.5. The molecule has 0 bridgehead atoms. The number of carbonyl (C=O) groups excluding carboxylic acids is 1. The van der Waals surface area contributed by atoms with Crippen molar-refractivity contribution in [2.24, 2.45) is 0 Å². The summed E-state index contributed by atoms with van der Waals surface area (Å²) in [6.07, 6.45) is 0. The van der Waals surface area contributed by atoms with Crippen LogP contribution in [0.5, 0.6) is 0 Å². The van der Waals surface area contributed by atoms with E-state index < -0.39 is 0 Å². The van der Waals surface area contributed by atoms with Crippen molar-refractivity contribution in [3.63, 3.8) is 0 Å². The normalized spacial score (nSPS) is 15.5. The average molecular weight is 336 g/mol. The lowest BCUT2D eigenvalue weighted by molar-refractivity contribution is -0.131. The van der Waals surface area contributed by atoms with Gasteiger partial charge in [-0.1, -0.05) is 29.8 Å². The van der Waals surface area contributed by atoms with Crippen LogP contribution < -0.4 is 4.90 Å². The number of amides is 1. The van der Waals surface area contributed by atoms with Crippen molar-refractivity contribution in [2.75, 3.05) is 50.7 Å². The van der Waals surface area contributed by atoms with Gasteiger partial charge in [-0.2, -0.15) is 0 Å². The zero-order valence-electron chi connectivity index (χ0n) is 14.1. The van der Waals surface area contributed by atoms with Gasteiger partial charge in [0.2, 0.25) is 5.91 Å². The first-order valence-electron chi connectivity index (χ1n) is 8.14. The number of anilines is 1. The molecule has 1 fully saturated rings. The Morgan fingerprint density at radius 3 is 2.57 bits per heavy atom. The molecular formula is C18H26ClN3O. The quantitative estimate of drug-likeness (QED) is 0.748. The van der Waals surface area contributed by atoms with Crippen molar-refractivity contribution in [2.45, 2.75) is 13.8 Å². The van der Waals surface area contributed by atoms with Crippen LogP contribution in [0.1, 0.15) is 13.8 Å². The minimum absolute atomic E-state index is 0.187. The van der Waals surface area contributed by atoms with Crippen LogP contribution in [0.3, 0.4) is 0 Å². The molecule has 0 radical (unpaired) electrons. The fourth-order valence-corrected chi connectivity index (χ4v) is 3.01. The maximum Gasteiger partial charge on any atom is 0.237 e. The SMILES string of the molecule is C=C(C)CN(CC)C(=O)CN1CCN(c2cccc(Cl)c2)CC1. The molecule has 23 heavy (non-hydrogen) atoms. The van der Waals surface area contributed by atoms with E-state index in [9.17, 15) is 4.79 Å². The molecule has 1 aliphatic heterocycles. The number of hydrogen-bond donors (Lipinski definition) is 0. The van der Waals surface area contributed by atoms with Gasteiger partial charge in [-0.3, -0.25) is 9.69 Å². The summed E-state index contributed by atoms with van der Waals surface area (Å²) in [5.74, 6) is 0.187. The zero-order valence-corrected chi connectivity index (χ0v) is 14.9. The molecule has 0 N–H and O–H groups in total. The Kier molecular flexibility index (Phi) is 6.48. The van der Waals surface area contributed by atoms with E-state index in [4.69, 9.17) is 11.6 Å². The molecule has 1 aromatic carbocycles. The largest absolute Gasteiger partial charge is 0.369 e. The zero-order chi connectivity index (χ0) is 16.8. The lowest BCUT2D eigenvalue weighted by Gasteiger charge is -2.36. The van der Waals surface area contributed by atoms with Crippen LogP contribution in [-0.4, -0.2) is 61.5 Å². The van der Waals surface area contributed by atoms with Crippen molar-refractivity contribution in [1.29, 1.82) is 0 Å². The standard InChI is InChI=1S/C18H26ClN3O/c1-4-21(13-15(2)3)18(23)14-20-8-10-22(11-9-20)17-7-5-6-16(19)12-17/h5-7,12H,2,4,8-11,13-14H2,1,3H3. The second-order valence-corrected chi connectivity index (χ2v) is 6.54. The summed E-state index contributed by atoms with van der Waals surface area (Å²) in [4.78, 5) is 18.8. The lowest BCUT2D eigenvalue weighted by Crippen LogP contribution is -2.50. The summed E-state index contributed by atoms with van der Waals surface area (Å²) >= 11 is 6.06. The first-order valence-corrected chi connectivity index (χ1v) is 8.52. The van der Waals surface area contributed by atoms with E-state index in [1.807, 2.05) is 36.9 Å². The second-order valence-electron chi connectivity index (χ2n) is 6.11. The molecule has 0 saturated carbocycles. The molecule has 0 spiro atoms. The maximum absolute atomic E-state index is 12.4. The number of carbonyl (C=O) groups is 1. The van der Waals surface area contributed by atoms with Crippen molar-refractivity contribution < 1.29 is 4.79 Å². The van der Waals surface area contributed by atoms with Gasteiger partial charge in [-0.15, -0.1) is 0 Å². The van der Waals surface area contributed by atoms with Gasteiger partial charge in [0, 0.05) is 50.0 Å². The van der Waals surface area contributed by atoms with Crippen molar-refractivity contribution >= 4 is 23.2 Å². The van der Waals surface area contributed by atoms with Gasteiger partial charge in [-0.05, 0) is 32.0 Å². The topological polar surface area (TPSA) is 26.8 Å². The van der Waals surface area contributed by atoms with Crippen molar-refractivity contribution in [3.8, 4) is 0 Å². The summed E-state index contributed by atoms with van der Waals surface area (Å²) in [7, 11) is 0. The number of rotatable bonds is 6. The Bertz CT molecular complexity index is 553. The predicted octanol–water partition coefficient (Wildman–Crippen LogP) is 2.89. The van der Waals surface area contributed by atoms with Crippen LogP contribution in [-0.2, 0) is 4.79 Å². The number of halogens is 1. The van der Waals surface area contributed by atoms with Crippen LogP contribution in [0.2, 0.25) is 5.02 Å². The first-order chi connectivity index (χ1) is 11.0. The van der Waals surface area contributed by atoms with Crippen molar-refractivity contribution in [3.05, 3.63) is 41.4 Å². The minimum atomic E-state index is 0.187. The molecular weight excluding hydrogens is 310 g/mol. The summed E-state index contributed by atoms with van der Waals surface area (Å²) < 4.78 is 0. The highest BCUT2D eigenvalue weighted by molar-refractivity contribution is 6.30. The molecule has 1 aromatic rings. The van der Waals surface area contributed by atoms with E-state index >= 15 is 0 Å². The van der Waals surface area contributed by atoms with Crippen LogP contribution in [0.15, 0.2) is 36.4 Å². The molecule has 0 atom stereocenters. The molecule has 0 aromatic heterocycles. The Morgan fingerprint density at radius 2 is 2.00 bits per heavy atom. The van der Waals surface area contributed by atoms with Gasteiger partial charge in [0.1, 0.15) is 0 Å². The smallest absolute Gasteiger partial charge is 0.237 e. The number of likely N-dealkylation sites (N-methyl/N-ethyl adjacent to an activating group) is 1. The summed E-state index contributed by atoms with van der Waals surface area (Å²) in [6, 6.07) is 7.94. The van der Waals surface area contributed by atoms with Crippen LogP contribution in [0.4, 0.5) is 5.69 Å². The molecule has 5 heteroatoms. The molecule has 0 unspecified atom stereocenters. The highest BCUT2D eigenvalue weighted by Crippen LogP contribution is 2.20. The molecule has 2 rings (SSSR count). The lowest BCUT2D eigenvalue weighted by atomic mass is 10.2. The van der Waals surface area contributed by atoms with Crippen LogP contribution >= 0.6 is 11.6 Å². The third kappa shape index (κ3) is 5.26. The third-order valence-corrected chi connectivity index (χ3v) is 4.33. The van der Waals surface area contributed by atoms with Gasteiger partial charge in [-0.25, -0.2) is 0 Å². The van der Waals surface area contributed by atoms with E-state index in [1.54, 1.807) is 0 Å². The maximum atomic E-state index is 12.4. The summed E-state index contributed by atoms with van der Waals surface area (Å²) in [6.45, 7) is 13.4. The highest BCUT2D eigenvalue weighted by Gasteiger charge is 2.21. The molecule has 1 amide bonds. The molecule has 1 saturated heterocycles. The summed E-state index contributed by atoms with van der Waals surface area (Å²) in [5.41, 5.74) is 2.17. The molecule has 4 nitrogen and oxygen atoms in total. The number of hydrogen-bond acceptors (Lipinski definition) is 3. The third-order valence-electron chi connectivity index (χ3n) is 4.10. The van der Waals surface area contributed by atoms with E-state index in [0.29, 0.717) is 13.1 Å². The van der Waals surface area contributed by atoms with E-state index in [-0.39, 0.29) is 5.91 Å². The number of benzene rings is 1. The summed E-state index contributed by atoms with van der Waals surface area (Å²) in [5, 5.41) is 0.762. The fourth-order valence-electron chi connectivity index (χ4n) is 2.83. The number of piperazine rings is 1. The van der Waals surface area contributed by atoms with E-state index in [2.05, 4.69) is 22.4 Å². The average Bonchev–Trinajstić information content (AvgIpc) is 2.53. The fraction of sp³-hybridized carbons (Fsp3) is 0.500. The monoisotopic (exact) mass is 335 g/mol. The van der Waals surface area contributed by atoms with E-state index in [1.165, 1.54) is 0 Å². The molecule has 0 aliphatic carbocycles. The Morgan fingerprint density at radius 1 is 1.30 bits per heavy atom. The molecule has 1 heterocycles. The minimum Gasteiger partial charge on any atom is -0.369 e.